The predicted octanol–water partition coefficient (Wildman–Crippen LogP) is -1.23. The molecule has 0 aromatic rings. The number of hydrogen-bond donors (Lipinski definition) is 2. The van der Waals surface area contributed by atoms with Crippen LogP contribution in [-0.2, 0) is 9.59 Å². The van der Waals surface area contributed by atoms with Crippen LogP contribution in [0.3, 0.4) is 0 Å². The van der Waals surface area contributed by atoms with Gasteiger partial charge in [-0.2, -0.15) is 0 Å². The molecule has 0 aromatic heterocycles. The average Bonchev–Trinajstić information content (AvgIpc) is 1.36. The SMILES string of the molecule is O=C(O)C(=O)O.[Ca]. The van der Waals surface area contributed by atoms with Gasteiger partial charge in [-0.25, -0.2) is 9.59 Å². The Morgan fingerprint density at radius 3 is 1.14 bits per heavy atom. The maximum absolute atomic E-state index is 9.10. The first kappa shape index (κ1) is 10.2. The molecule has 0 saturated heterocycles. The van der Waals surface area contributed by atoms with Crippen molar-refractivity contribution < 1.29 is 19.8 Å². The van der Waals surface area contributed by atoms with Gasteiger partial charge in [-0.3, -0.25) is 0 Å². The Labute approximate surface area is 69.1 Å². The zero-order chi connectivity index (χ0) is 5.15. The molecule has 2 radical (unpaired) electrons. The van der Waals surface area contributed by atoms with Crippen LogP contribution in [0, 0.1) is 0 Å². The molecule has 0 bridgehead atoms. The molecule has 0 saturated carbocycles. The number of rotatable bonds is 0. The Morgan fingerprint density at radius 1 is 1.00 bits per heavy atom. The van der Waals surface area contributed by atoms with E-state index in [1.807, 2.05) is 0 Å². The number of aliphatic carboxylic acids is 2. The molecule has 0 aromatic carbocycles. The number of carboxylic acid groups (broad SMARTS) is 2. The number of carbonyl (C=O) groups is 2. The summed E-state index contributed by atoms with van der Waals surface area (Å²) in [6.45, 7) is 0. The van der Waals surface area contributed by atoms with E-state index in [0.29, 0.717) is 0 Å². The van der Waals surface area contributed by atoms with Crippen molar-refractivity contribution >= 4 is 49.7 Å². The van der Waals surface area contributed by atoms with Gasteiger partial charge in [0.25, 0.3) is 0 Å². The molecular weight excluding hydrogens is 128 g/mol. The summed E-state index contributed by atoms with van der Waals surface area (Å²) < 4.78 is 0. The molecule has 0 rings (SSSR count). The fraction of sp³-hybridized carbons (Fsp3) is 0. The van der Waals surface area contributed by atoms with Crippen molar-refractivity contribution in [1.29, 1.82) is 0 Å². The van der Waals surface area contributed by atoms with Gasteiger partial charge < -0.3 is 10.2 Å². The van der Waals surface area contributed by atoms with Crippen LogP contribution in [0.15, 0.2) is 0 Å². The third kappa shape index (κ3) is 6.20. The summed E-state index contributed by atoms with van der Waals surface area (Å²) >= 11 is 0. The maximum atomic E-state index is 9.10. The van der Waals surface area contributed by atoms with Crippen LogP contribution in [0.25, 0.3) is 0 Å². The zero-order valence-corrected chi connectivity index (χ0v) is 5.63. The molecule has 0 aliphatic heterocycles. The molecule has 0 aliphatic carbocycles. The van der Waals surface area contributed by atoms with Crippen molar-refractivity contribution in [2.45, 2.75) is 0 Å². The largest absolute Gasteiger partial charge is 0.473 e. The summed E-state index contributed by atoms with van der Waals surface area (Å²) in [4.78, 5) is 18.2. The smallest absolute Gasteiger partial charge is 0.414 e. The molecule has 2 N–H and O–H groups in total. The summed E-state index contributed by atoms with van der Waals surface area (Å²) in [5.74, 6) is -3.65. The van der Waals surface area contributed by atoms with Gasteiger partial charge in [0.15, 0.2) is 0 Å². The first-order valence-corrected chi connectivity index (χ1v) is 1.11. The van der Waals surface area contributed by atoms with Crippen LogP contribution in [0.5, 0.6) is 0 Å². The Hall–Kier alpha value is 0.200. The van der Waals surface area contributed by atoms with E-state index < -0.39 is 11.9 Å². The van der Waals surface area contributed by atoms with E-state index in [0.717, 1.165) is 0 Å². The fourth-order valence-corrected chi connectivity index (χ4v) is 0. The van der Waals surface area contributed by atoms with Gasteiger partial charge in [0, 0.05) is 37.7 Å². The minimum absolute atomic E-state index is 0. The molecule has 0 fully saturated rings. The van der Waals surface area contributed by atoms with Crippen molar-refractivity contribution in [3.8, 4) is 0 Å². The van der Waals surface area contributed by atoms with E-state index in [1.54, 1.807) is 0 Å². The first-order chi connectivity index (χ1) is 2.64. The second-order valence-electron chi connectivity index (χ2n) is 0.610. The van der Waals surface area contributed by atoms with Crippen LogP contribution in [-0.4, -0.2) is 59.9 Å². The van der Waals surface area contributed by atoms with Crippen molar-refractivity contribution in [1.82, 2.24) is 0 Å². The third-order valence-corrected chi connectivity index (χ3v) is 0.183. The van der Waals surface area contributed by atoms with Crippen molar-refractivity contribution in [3.63, 3.8) is 0 Å². The zero-order valence-electron chi connectivity index (χ0n) is 3.42. The Kier molecular flexibility index (Phi) is 6.38. The second kappa shape index (κ2) is 4.36. The second-order valence-corrected chi connectivity index (χ2v) is 0.610. The molecular formula is C2H2CaO4. The normalized spacial score (nSPS) is 6.29. The summed E-state index contributed by atoms with van der Waals surface area (Å²) in [7, 11) is 0. The van der Waals surface area contributed by atoms with Crippen LogP contribution in [0.1, 0.15) is 0 Å². The fourth-order valence-electron chi connectivity index (χ4n) is 0. The summed E-state index contributed by atoms with van der Waals surface area (Å²) in [5, 5.41) is 14.8. The van der Waals surface area contributed by atoms with Crippen LogP contribution < -0.4 is 0 Å². The third-order valence-electron chi connectivity index (χ3n) is 0.183. The van der Waals surface area contributed by atoms with Gasteiger partial charge >= 0.3 is 11.9 Å². The van der Waals surface area contributed by atoms with Gasteiger partial charge in [0.2, 0.25) is 0 Å². The van der Waals surface area contributed by atoms with E-state index in [-0.39, 0.29) is 37.7 Å². The topological polar surface area (TPSA) is 74.6 Å². The maximum Gasteiger partial charge on any atom is 0.414 e. The summed E-state index contributed by atoms with van der Waals surface area (Å²) in [6.07, 6.45) is 0. The molecule has 5 heteroatoms. The molecule has 0 aliphatic rings. The van der Waals surface area contributed by atoms with Gasteiger partial charge in [0.05, 0.1) is 0 Å². The molecule has 0 unspecified atom stereocenters. The van der Waals surface area contributed by atoms with Crippen LogP contribution >= 0.6 is 0 Å². The van der Waals surface area contributed by atoms with E-state index in [4.69, 9.17) is 19.8 Å². The number of hydrogen-bond acceptors (Lipinski definition) is 2. The minimum Gasteiger partial charge on any atom is -0.473 e. The predicted molar refractivity (Wildman–Crippen MR) is 21.0 cm³/mol. The first-order valence-electron chi connectivity index (χ1n) is 1.11. The molecule has 4 nitrogen and oxygen atoms in total. The molecule has 0 atom stereocenters. The van der Waals surface area contributed by atoms with Crippen LogP contribution in [0.4, 0.5) is 0 Å². The van der Waals surface area contributed by atoms with Gasteiger partial charge in [0.1, 0.15) is 0 Å². The summed E-state index contributed by atoms with van der Waals surface area (Å²) in [6, 6.07) is 0. The van der Waals surface area contributed by atoms with Gasteiger partial charge in [-0.1, -0.05) is 0 Å². The Morgan fingerprint density at radius 2 is 1.14 bits per heavy atom. The van der Waals surface area contributed by atoms with Crippen molar-refractivity contribution in [3.05, 3.63) is 0 Å². The quantitative estimate of drug-likeness (QED) is 0.318. The monoisotopic (exact) mass is 130 g/mol. The number of carboxylic acids is 2. The van der Waals surface area contributed by atoms with Gasteiger partial charge in [-0.15, -0.1) is 0 Å². The van der Waals surface area contributed by atoms with E-state index in [2.05, 4.69) is 0 Å². The minimum atomic E-state index is -1.82. The molecule has 36 valence electrons. The van der Waals surface area contributed by atoms with Crippen molar-refractivity contribution in [2.75, 3.05) is 0 Å². The Balaban J connectivity index is 0. The molecule has 7 heavy (non-hydrogen) atoms. The van der Waals surface area contributed by atoms with E-state index in [9.17, 15) is 0 Å². The van der Waals surface area contributed by atoms with E-state index >= 15 is 0 Å². The average molecular weight is 130 g/mol. The van der Waals surface area contributed by atoms with E-state index in [1.165, 1.54) is 0 Å². The summed E-state index contributed by atoms with van der Waals surface area (Å²) in [5.41, 5.74) is 0. The van der Waals surface area contributed by atoms with Gasteiger partial charge in [-0.05, 0) is 0 Å². The molecule has 0 amide bonds. The standard InChI is InChI=1S/C2H2O4.Ca/c3-1(4)2(5)6;/h(H,3,4)(H,5,6);. The van der Waals surface area contributed by atoms with Crippen molar-refractivity contribution in [2.24, 2.45) is 0 Å². The Bertz CT molecular complexity index is 75.7. The molecule has 0 spiro atoms. The van der Waals surface area contributed by atoms with Crippen LogP contribution in [0.2, 0.25) is 0 Å². The molecule has 0 heterocycles.